The number of rotatable bonds is 8. The van der Waals surface area contributed by atoms with Gasteiger partial charge in [-0.15, -0.1) is 0 Å². The lowest BCUT2D eigenvalue weighted by atomic mass is 9.97. The van der Waals surface area contributed by atoms with E-state index >= 15 is 0 Å². The van der Waals surface area contributed by atoms with Crippen molar-refractivity contribution in [2.45, 2.75) is 68.9 Å². The molecule has 3 aromatic heterocycles. The van der Waals surface area contributed by atoms with E-state index in [0.717, 1.165) is 86.7 Å². The van der Waals surface area contributed by atoms with Gasteiger partial charge in [0, 0.05) is 91.2 Å². The molecule has 4 saturated heterocycles. The van der Waals surface area contributed by atoms with Crippen molar-refractivity contribution in [1.82, 2.24) is 39.4 Å². The van der Waals surface area contributed by atoms with Gasteiger partial charge in [-0.3, -0.25) is 43.6 Å². The molecule has 2 aromatic carbocycles. The summed E-state index contributed by atoms with van der Waals surface area (Å²) in [5.41, 5.74) is 11.2. The molecular formula is C43H45N11O5. The fourth-order valence-electron chi connectivity index (χ4n) is 9.72. The van der Waals surface area contributed by atoms with Crippen LogP contribution in [0.1, 0.15) is 82.9 Å². The molecule has 0 spiro atoms. The van der Waals surface area contributed by atoms with Crippen LogP contribution in [0.15, 0.2) is 79.3 Å². The number of aliphatic hydroxyl groups is 1. The number of carbonyl (C=O) groups is 4. The number of aliphatic hydroxyl groups excluding tert-OH is 1. The standard InChI is InChI=1S/C43H45N11O5/c44-38-37-36(25-6-8-26(9-7-25)40(56)47-34-5-1-2-16-45-34)49-39(53(37)21-17-46-38)32-4-3-18-52(32)27-14-19-50(20-15-27)29-23-51(24-29)28-10-11-30-31(22-28)43(59)54(42(30)58)33-12-13-35(55)48-41(33)57/h1-2,5-11,16-17,21-22,27,29,32-33,42,58H,3-4,12-15,18-20,23-24H2,(H2,44,46)(H,45,47,56)(H,48,55,57)/t32-,33?,42?/m0/s1. The van der Waals surface area contributed by atoms with Gasteiger partial charge in [0.25, 0.3) is 11.8 Å². The van der Waals surface area contributed by atoms with Crippen LogP contribution in [0.25, 0.3) is 16.8 Å². The molecule has 8 heterocycles. The number of piperidine rings is 2. The van der Waals surface area contributed by atoms with Gasteiger partial charge in [-0.1, -0.05) is 24.3 Å². The Morgan fingerprint density at radius 2 is 1.69 bits per heavy atom. The van der Waals surface area contributed by atoms with Crippen molar-refractivity contribution in [1.29, 1.82) is 0 Å². The molecule has 0 radical (unpaired) electrons. The fraction of sp³-hybridized carbons (Fsp3) is 0.372. The van der Waals surface area contributed by atoms with Crippen molar-refractivity contribution in [2.24, 2.45) is 0 Å². The summed E-state index contributed by atoms with van der Waals surface area (Å²) in [6.45, 7) is 4.68. The van der Waals surface area contributed by atoms with Gasteiger partial charge >= 0.3 is 0 Å². The summed E-state index contributed by atoms with van der Waals surface area (Å²) in [7, 11) is 0. The molecule has 0 bridgehead atoms. The quantitative estimate of drug-likeness (QED) is 0.168. The Bertz CT molecular complexity index is 2460. The molecular weight excluding hydrogens is 751 g/mol. The number of imide groups is 1. The molecule has 5 aliphatic heterocycles. The SMILES string of the molecule is Nc1nccn2c([C@@H]3CCCN3C3CCN(C4CN(c5ccc6c(c5)C(=O)N(C5CCC(=O)NC5=O)C6O)C4)CC3)nc(-c3ccc(C(=O)Nc4ccccn4)cc3)c12. The average Bonchev–Trinajstić information content (AvgIpc) is 3.93. The van der Waals surface area contributed by atoms with Crippen molar-refractivity contribution >= 4 is 46.5 Å². The molecule has 4 fully saturated rings. The lowest BCUT2D eigenvalue weighted by Crippen LogP contribution is -2.62. The van der Waals surface area contributed by atoms with E-state index in [4.69, 9.17) is 10.7 Å². The number of benzene rings is 2. The van der Waals surface area contributed by atoms with Gasteiger partial charge in [-0.25, -0.2) is 15.0 Å². The molecule has 5 aliphatic rings. The summed E-state index contributed by atoms with van der Waals surface area (Å²) in [4.78, 5) is 73.1. The highest BCUT2D eigenvalue weighted by atomic mass is 16.3. The Morgan fingerprint density at radius 3 is 2.46 bits per heavy atom. The van der Waals surface area contributed by atoms with E-state index in [1.807, 2.05) is 36.5 Å². The Morgan fingerprint density at radius 1 is 0.881 bits per heavy atom. The summed E-state index contributed by atoms with van der Waals surface area (Å²) >= 11 is 0. The lowest BCUT2D eigenvalue weighted by Gasteiger charge is -2.49. The number of nitrogens with zero attached hydrogens (tertiary/aromatic N) is 8. The number of fused-ring (bicyclic) bond motifs is 2. The predicted octanol–water partition coefficient (Wildman–Crippen LogP) is 3.37. The smallest absolute Gasteiger partial charge is 0.257 e. The minimum absolute atomic E-state index is 0.129. The monoisotopic (exact) mass is 795 g/mol. The van der Waals surface area contributed by atoms with Gasteiger partial charge < -0.3 is 21.1 Å². The summed E-state index contributed by atoms with van der Waals surface area (Å²) < 4.78 is 2.10. The van der Waals surface area contributed by atoms with Crippen LogP contribution in [-0.2, 0) is 9.59 Å². The zero-order valence-electron chi connectivity index (χ0n) is 32.4. The molecule has 3 atom stereocenters. The maximum atomic E-state index is 13.4. The van der Waals surface area contributed by atoms with Crippen LogP contribution in [-0.4, -0.2) is 114 Å². The number of likely N-dealkylation sites (tertiary alicyclic amines) is 2. The number of hydrogen-bond donors (Lipinski definition) is 4. The van der Waals surface area contributed by atoms with Gasteiger partial charge in [0.15, 0.2) is 6.23 Å². The predicted molar refractivity (Wildman–Crippen MR) is 218 cm³/mol. The van der Waals surface area contributed by atoms with Crippen molar-refractivity contribution < 1.29 is 24.3 Å². The number of imidazole rings is 1. The number of nitrogen functional groups attached to an aromatic ring is 1. The Labute approximate surface area is 340 Å². The summed E-state index contributed by atoms with van der Waals surface area (Å²) in [6, 6.07) is 18.4. The Balaban J connectivity index is 0.785. The van der Waals surface area contributed by atoms with E-state index in [0.29, 0.717) is 40.4 Å². The number of amides is 4. The van der Waals surface area contributed by atoms with Crippen molar-refractivity contribution in [3.05, 3.63) is 102 Å². The second kappa shape index (κ2) is 14.9. The number of aromatic nitrogens is 4. The van der Waals surface area contributed by atoms with Gasteiger partial charge in [-0.05, 0) is 75.0 Å². The molecule has 302 valence electrons. The van der Waals surface area contributed by atoms with Crippen LogP contribution >= 0.6 is 0 Å². The minimum Gasteiger partial charge on any atom is -0.382 e. The molecule has 2 unspecified atom stereocenters. The number of hydrogen-bond acceptors (Lipinski definition) is 12. The van der Waals surface area contributed by atoms with E-state index in [1.54, 1.807) is 42.7 Å². The van der Waals surface area contributed by atoms with Crippen LogP contribution in [0.5, 0.6) is 0 Å². The third kappa shape index (κ3) is 6.56. The van der Waals surface area contributed by atoms with Crippen molar-refractivity contribution in [3.63, 3.8) is 0 Å². The maximum Gasteiger partial charge on any atom is 0.257 e. The second-order valence-corrected chi connectivity index (χ2v) is 16.1. The highest BCUT2D eigenvalue weighted by molar-refractivity contribution is 6.06. The maximum absolute atomic E-state index is 13.4. The molecule has 16 nitrogen and oxygen atoms in total. The van der Waals surface area contributed by atoms with E-state index in [-0.39, 0.29) is 36.6 Å². The zero-order chi connectivity index (χ0) is 40.4. The average molecular weight is 796 g/mol. The topological polar surface area (TPSA) is 195 Å². The Kier molecular flexibility index (Phi) is 9.33. The first-order valence-corrected chi connectivity index (χ1v) is 20.4. The van der Waals surface area contributed by atoms with Crippen LogP contribution in [0.4, 0.5) is 17.3 Å². The molecule has 59 heavy (non-hydrogen) atoms. The number of carbonyl (C=O) groups excluding carboxylic acids is 4. The normalized spacial score (nSPS) is 23.1. The van der Waals surface area contributed by atoms with Gasteiger partial charge in [-0.2, -0.15) is 0 Å². The first-order chi connectivity index (χ1) is 28.7. The van der Waals surface area contributed by atoms with E-state index in [9.17, 15) is 24.3 Å². The number of anilines is 3. The molecule has 0 saturated carbocycles. The minimum atomic E-state index is -1.22. The second-order valence-electron chi connectivity index (χ2n) is 16.1. The van der Waals surface area contributed by atoms with E-state index in [2.05, 4.69) is 39.7 Å². The number of nitrogens with one attached hydrogen (secondary N) is 2. The van der Waals surface area contributed by atoms with Crippen molar-refractivity contribution in [2.75, 3.05) is 48.7 Å². The highest BCUT2D eigenvalue weighted by Crippen LogP contribution is 2.41. The fourth-order valence-corrected chi connectivity index (χ4v) is 9.72. The van der Waals surface area contributed by atoms with Gasteiger partial charge in [0.2, 0.25) is 11.8 Å². The summed E-state index contributed by atoms with van der Waals surface area (Å²) in [5, 5.41) is 16.1. The highest BCUT2D eigenvalue weighted by Gasteiger charge is 2.45. The number of pyridine rings is 1. The largest absolute Gasteiger partial charge is 0.382 e. The van der Waals surface area contributed by atoms with Crippen LogP contribution in [0.3, 0.4) is 0 Å². The van der Waals surface area contributed by atoms with Crippen LogP contribution in [0.2, 0.25) is 0 Å². The third-order valence-electron chi connectivity index (χ3n) is 12.8. The van der Waals surface area contributed by atoms with Crippen LogP contribution < -0.4 is 21.3 Å². The molecule has 0 aliphatic carbocycles. The third-order valence-corrected chi connectivity index (χ3v) is 12.8. The Hall–Kier alpha value is -6.23. The van der Waals surface area contributed by atoms with Gasteiger partial charge in [0.1, 0.15) is 34.7 Å². The molecule has 5 aromatic rings. The van der Waals surface area contributed by atoms with Crippen molar-refractivity contribution in [3.8, 4) is 11.3 Å². The first-order valence-electron chi connectivity index (χ1n) is 20.4. The van der Waals surface area contributed by atoms with E-state index in [1.165, 1.54) is 4.90 Å². The summed E-state index contributed by atoms with van der Waals surface area (Å²) in [5.74, 6) is 0.308. The molecule has 16 heteroatoms. The molecule has 5 N–H and O–H groups in total. The van der Waals surface area contributed by atoms with E-state index < -0.39 is 18.2 Å². The van der Waals surface area contributed by atoms with Crippen LogP contribution in [0, 0.1) is 0 Å². The van der Waals surface area contributed by atoms with Gasteiger partial charge in [0.05, 0.1) is 6.04 Å². The molecule has 4 amide bonds. The zero-order valence-corrected chi connectivity index (χ0v) is 32.4. The number of nitrogens with two attached hydrogens (primary N) is 1. The molecule has 10 rings (SSSR count). The summed E-state index contributed by atoms with van der Waals surface area (Å²) in [6.07, 6.45) is 8.59. The lowest BCUT2D eigenvalue weighted by molar-refractivity contribution is -0.139. The first kappa shape index (κ1) is 37.1.